The first-order chi connectivity index (χ1) is 14.1. The van der Waals surface area contributed by atoms with E-state index in [1.54, 1.807) is 12.2 Å². The fraction of sp³-hybridized carbons (Fsp3) is 0.350. The molecule has 0 fully saturated rings. The normalized spacial score (nSPS) is 8.68. The summed E-state index contributed by atoms with van der Waals surface area (Å²) in [5.41, 5.74) is 0.460. The predicted octanol–water partition coefficient (Wildman–Crippen LogP) is 2.82. The summed E-state index contributed by atoms with van der Waals surface area (Å²) in [5, 5.41) is 25.0. The molecule has 0 aromatic rings. The first-order valence-electron chi connectivity index (χ1n) is 8.51. The molecule has 0 aliphatic carbocycles. The molecule has 0 rings (SSSR count). The molecule has 0 amide bonds. The molecule has 0 aromatic carbocycles. The molecule has 0 atom stereocenters. The van der Waals surface area contributed by atoms with Crippen LogP contribution >= 0.6 is 0 Å². The van der Waals surface area contributed by atoms with Crippen molar-refractivity contribution in [2.75, 3.05) is 6.61 Å². The van der Waals surface area contributed by atoms with Crippen LogP contribution in [0.1, 0.15) is 33.6 Å². The van der Waals surface area contributed by atoms with Gasteiger partial charge in [0.1, 0.15) is 0 Å². The van der Waals surface area contributed by atoms with Crippen LogP contribution in [0.15, 0.2) is 62.0 Å². The van der Waals surface area contributed by atoms with Crippen molar-refractivity contribution < 1.29 is 66.3 Å². The number of aliphatic hydroxyl groups is 1. The van der Waals surface area contributed by atoms with Gasteiger partial charge in [-0.15, -0.1) is 13.2 Å². The number of hydrogen-bond donors (Lipinski definition) is 5. The zero-order chi connectivity index (χ0) is 25.6. The van der Waals surface area contributed by atoms with E-state index in [1.165, 1.54) is 0 Å². The number of carbonyl (C=O) groups excluding carboxylic acids is 1. The van der Waals surface area contributed by atoms with Gasteiger partial charge in [0.25, 0.3) is 0 Å². The van der Waals surface area contributed by atoms with Crippen molar-refractivity contribution in [2.45, 2.75) is 33.6 Å². The topological polar surface area (TPSA) is 179 Å². The zero-order valence-corrected chi connectivity index (χ0v) is 20.5. The van der Waals surface area contributed by atoms with E-state index in [1.807, 2.05) is 20.8 Å². The zero-order valence-electron chi connectivity index (χ0n) is 18.0. The van der Waals surface area contributed by atoms with E-state index >= 15 is 0 Å². The Kier molecular flexibility index (Phi) is 25.7. The third-order valence-corrected chi connectivity index (χ3v) is 2.30. The summed E-state index contributed by atoms with van der Waals surface area (Å²) in [7, 11) is 0. The molecule has 10 nitrogen and oxygen atoms in total. The van der Waals surface area contributed by atoms with E-state index in [-0.39, 0.29) is 17.8 Å². The third-order valence-electron chi connectivity index (χ3n) is 2.30. The number of hydrogen-bond acceptors (Lipinski definition) is 6. The monoisotopic (exact) mass is 522 g/mol. The van der Waals surface area contributed by atoms with Gasteiger partial charge in [-0.25, -0.2) is 14.4 Å². The second-order valence-corrected chi connectivity index (χ2v) is 7.83. The number of carboxylic acid groups (broad SMARTS) is 2. The van der Waals surface area contributed by atoms with Crippen molar-refractivity contribution in [2.24, 2.45) is 5.41 Å². The van der Waals surface area contributed by atoms with E-state index in [0.717, 1.165) is 12.2 Å². The van der Waals surface area contributed by atoms with Crippen molar-refractivity contribution in [3.05, 3.63) is 62.0 Å². The van der Waals surface area contributed by atoms with Gasteiger partial charge >= 0.3 is 49.7 Å². The van der Waals surface area contributed by atoms with Crippen LogP contribution in [-0.4, -0.2) is 46.2 Å². The number of esters is 1. The van der Waals surface area contributed by atoms with Gasteiger partial charge in [0, 0.05) is 12.2 Å². The van der Waals surface area contributed by atoms with Gasteiger partial charge in [-0.2, -0.15) is 0 Å². The molecule has 0 aromatic heterocycles. The molecule has 0 saturated carbocycles. The summed E-state index contributed by atoms with van der Waals surface area (Å²) in [6.07, 6.45) is 5.82. The Labute approximate surface area is 191 Å². The van der Waals surface area contributed by atoms with E-state index in [2.05, 4.69) is 26.3 Å². The summed E-state index contributed by atoms with van der Waals surface area (Å²) < 4.78 is 28.4. The van der Waals surface area contributed by atoms with Crippen molar-refractivity contribution in [1.82, 2.24) is 0 Å². The van der Waals surface area contributed by atoms with Gasteiger partial charge in [-0.1, -0.05) is 46.1 Å². The molecule has 0 aliphatic heterocycles. The average Bonchev–Trinajstić information content (AvgIpc) is 2.65. The van der Waals surface area contributed by atoms with Gasteiger partial charge < -0.3 is 20.1 Å². The van der Waals surface area contributed by atoms with Crippen LogP contribution in [0.3, 0.4) is 0 Å². The van der Waals surface area contributed by atoms with E-state index in [9.17, 15) is 19.5 Å². The van der Waals surface area contributed by atoms with Crippen LogP contribution in [0.2, 0.25) is 0 Å². The summed E-state index contributed by atoms with van der Waals surface area (Å²) in [5.74, 6) is -2.97. The van der Waals surface area contributed by atoms with Gasteiger partial charge in [0.2, 0.25) is 5.76 Å². The molecule has 0 radical (unpaired) electrons. The molecule has 0 aliphatic rings. The quantitative estimate of drug-likeness (QED) is 0.137. The molecule has 0 unspecified atom stereocenters. The Hall–Kier alpha value is -2.49. The van der Waals surface area contributed by atoms with E-state index in [4.69, 9.17) is 24.1 Å². The second kappa shape index (κ2) is 22.2. The maximum atomic E-state index is 11.6. The van der Waals surface area contributed by atoms with Crippen LogP contribution < -0.4 is 0 Å². The number of aliphatic carboxylic acids is 2. The Morgan fingerprint density at radius 1 is 0.871 bits per heavy atom. The number of rotatable bonds is 8. The van der Waals surface area contributed by atoms with Gasteiger partial charge in [-0.05, 0) is 23.8 Å². The molecule has 5 N–H and O–H groups in total. The van der Waals surface area contributed by atoms with Gasteiger partial charge in [0.05, 0.1) is 6.61 Å². The summed E-state index contributed by atoms with van der Waals surface area (Å²) in [6, 6.07) is 0. The Balaban J connectivity index is -0.000000211. The van der Waals surface area contributed by atoms with Crippen molar-refractivity contribution in [3.8, 4) is 0 Å². The summed E-state index contributed by atoms with van der Waals surface area (Å²) in [6.45, 7) is 19.2. The third kappa shape index (κ3) is 38.7. The first-order valence-corrected chi connectivity index (χ1v) is 11.7. The Bertz CT molecular complexity index is 623. The summed E-state index contributed by atoms with van der Waals surface area (Å²) >= 11 is -3.79. The second-order valence-electron chi connectivity index (χ2n) is 6.44. The van der Waals surface area contributed by atoms with Gasteiger partial charge in [-0.3, -0.25) is 0 Å². The van der Waals surface area contributed by atoms with Gasteiger partial charge in [0.15, 0.2) is 0 Å². The molecule has 31 heavy (non-hydrogen) atoms. The van der Waals surface area contributed by atoms with Crippen LogP contribution in [0.25, 0.3) is 0 Å². The predicted molar refractivity (Wildman–Crippen MR) is 110 cm³/mol. The van der Waals surface area contributed by atoms with Crippen LogP contribution in [0.4, 0.5) is 0 Å². The molecular weight excluding hydrogens is 491 g/mol. The Morgan fingerprint density at radius 2 is 1.16 bits per heavy atom. The van der Waals surface area contributed by atoms with Crippen molar-refractivity contribution >= 4 is 17.9 Å². The fourth-order valence-corrected chi connectivity index (χ4v) is 1.12. The van der Waals surface area contributed by atoms with Crippen LogP contribution in [0.5, 0.6) is 0 Å². The molecule has 11 heteroatoms. The minimum atomic E-state index is -3.79. The number of carboxylic acids is 2. The maximum absolute atomic E-state index is 11.6. The average molecular weight is 524 g/mol. The van der Waals surface area contributed by atoms with Crippen LogP contribution in [-0.2, 0) is 44.6 Å². The minimum absolute atomic E-state index is 0.118. The van der Waals surface area contributed by atoms with Crippen molar-refractivity contribution in [3.63, 3.8) is 0 Å². The molecule has 0 spiro atoms. The molecule has 0 saturated heterocycles. The molecule has 0 bridgehead atoms. The summed E-state index contributed by atoms with van der Waals surface area (Å²) in [4.78, 5) is 30.1. The number of ether oxygens (including phenoxy) is 1. The molecule has 176 valence electrons. The standard InChI is InChI=1S/C14H22O3.2C3H4O2.2H2O.O.Zr/c1-6-8-11(9-7-2)12(15)13(16)17-10-14(3,4)5;2*1-2-3(4)5;;;;/h6-7,15H,1-2,8-10H2,3-5H3;2*2H,1H2,(H,4,5);2*1H2;;/q;;;;;;+2/p-2. The van der Waals surface area contributed by atoms with Crippen LogP contribution in [0, 0.1) is 5.41 Å². The molecular formula is C20H32O10Zr. The van der Waals surface area contributed by atoms with E-state index < -0.39 is 40.5 Å². The van der Waals surface area contributed by atoms with Crippen molar-refractivity contribution in [1.29, 1.82) is 0 Å². The number of allylic oxidation sites excluding steroid dienone is 3. The first kappa shape index (κ1) is 35.9. The Morgan fingerprint density at radius 3 is 1.35 bits per heavy atom. The number of aliphatic hydroxyl groups excluding tert-OH is 1. The SMILES string of the molecule is C=CC(=O)O.C=CC(=O)O.C=CCC(CC=C)=C(O)C(=O)OCC(C)(C)C.[O]=[Zr]([OH])[OH]. The number of carbonyl (C=O) groups is 3. The molecule has 0 heterocycles. The van der Waals surface area contributed by atoms with E-state index in [0.29, 0.717) is 18.4 Å². The fourth-order valence-electron chi connectivity index (χ4n) is 1.12.